The fraction of sp³-hybridized carbons (Fsp3) is 0.462. The number of carbonyl (C=O) groups excluding carboxylic acids is 1. The number of benzene rings is 2. The number of amides is 1. The minimum Gasteiger partial charge on any atom is -0.357 e. The average molecular weight is 564 g/mol. The molecular weight excluding hydrogens is 525 g/mol. The molecule has 1 aliphatic heterocycles. The number of hydrogen-bond donors (Lipinski definition) is 3. The number of hydrogen-bond acceptors (Lipinski definition) is 3. The summed E-state index contributed by atoms with van der Waals surface area (Å²) >= 11 is 0. The van der Waals surface area contributed by atoms with Crippen LogP contribution in [0, 0.1) is 6.92 Å². The Morgan fingerprint density at radius 2 is 1.82 bits per heavy atom. The second-order valence-electron chi connectivity index (χ2n) is 8.35. The predicted octanol–water partition coefficient (Wildman–Crippen LogP) is 3.91. The summed E-state index contributed by atoms with van der Waals surface area (Å²) in [7, 11) is 1.65. The molecule has 1 saturated heterocycles. The van der Waals surface area contributed by atoms with Crippen LogP contribution in [0.25, 0.3) is 0 Å². The summed E-state index contributed by atoms with van der Waals surface area (Å²) in [5.74, 6) is 0.782. The highest BCUT2D eigenvalue weighted by Crippen LogP contribution is 2.25. The van der Waals surface area contributed by atoms with E-state index < -0.39 is 0 Å². The molecule has 1 fully saturated rings. The smallest absolute Gasteiger partial charge is 0.251 e. The maximum absolute atomic E-state index is 11.9. The molecule has 2 aromatic carbocycles. The summed E-state index contributed by atoms with van der Waals surface area (Å²) in [5, 5.41) is 9.51. The van der Waals surface area contributed by atoms with Crippen molar-refractivity contribution >= 4 is 35.8 Å². The Morgan fingerprint density at radius 1 is 1.09 bits per heavy atom. The van der Waals surface area contributed by atoms with E-state index in [-0.39, 0.29) is 29.9 Å². The molecule has 6 nitrogen and oxygen atoms in total. The van der Waals surface area contributed by atoms with E-state index >= 15 is 0 Å². The van der Waals surface area contributed by atoms with Gasteiger partial charge in [0, 0.05) is 25.7 Å². The van der Waals surface area contributed by atoms with E-state index in [0.717, 1.165) is 50.7 Å². The topological polar surface area (TPSA) is 68.8 Å². The molecule has 0 saturated carbocycles. The van der Waals surface area contributed by atoms with Crippen LogP contribution in [-0.4, -0.2) is 56.5 Å². The molecule has 0 aromatic heterocycles. The predicted molar refractivity (Wildman–Crippen MR) is 148 cm³/mol. The lowest BCUT2D eigenvalue weighted by atomic mass is 10.0. The lowest BCUT2D eigenvalue weighted by Crippen LogP contribution is -2.39. The van der Waals surface area contributed by atoms with Gasteiger partial charge < -0.3 is 16.0 Å². The van der Waals surface area contributed by atoms with Gasteiger partial charge in [-0.2, -0.15) is 0 Å². The summed E-state index contributed by atoms with van der Waals surface area (Å²) in [6.07, 6.45) is 3.35. The van der Waals surface area contributed by atoms with E-state index in [9.17, 15) is 4.79 Å². The van der Waals surface area contributed by atoms with Crippen LogP contribution in [0.15, 0.2) is 53.5 Å². The van der Waals surface area contributed by atoms with Gasteiger partial charge in [-0.25, -0.2) is 0 Å². The van der Waals surface area contributed by atoms with Gasteiger partial charge in [-0.3, -0.25) is 14.7 Å². The average Bonchev–Trinajstić information content (AvgIpc) is 3.34. The van der Waals surface area contributed by atoms with Crippen LogP contribution >= 0.6 is 24.0 Å². The first-order valence-electron chi connectivity index (χ1n) is 11.7. The molecule has 0 bridgehead atoms. The number of likely N-dealkylation sites (tertiary alicyclic amines) is 1. The first-order chi connectivity index (χ1) is 15.6. The monoisotopic (exact) mass is 563 g/mol. The summed E-state index contributed by atoms with van der Waals surface area (Å²) < 4.78 is 0. The molecule has 0 aliphatic carbocycles. The van der Waals surface area contributed by atoms with Gasteiger partial charge >= 0.3 is 0 Å². The van der Waals surface area contributed by atoms with Gasteiger partial charge in [0.25, 0.3) is 5.91 Å². The van der Waals surface area contributed by atoms with Gasteiger partial charge in [-0.1, -0.05) is 42.0 Å². The fourth-order valence-corrected chi connectivity index (χ4v) is 4.13. The quantitative estimate of drug-likeness (QED) is 0.246. The van der Waals surface area contributed by atoms with E-state index in [1.54, 1.807) is 7.05 Å². The molecule has 7 heteroatoms. The highest BCUT2D eigenvalue weighted by Gasteiger charge is 2.23. The lowest BCUT2D eigenvalue weighted by molar-refractivity contribution is 0.0963. The summed E-state index contributed by atoms with van der Waals surface area (Å²) in [6, 6.07) is 17.0. The molecule has 2 aromatic rings. The van der Waals surface area contributed by atoms with Crippen molar-refractivity contribution in [3.05, 3.63) is 70.8 Å². The van der Waals surface area contributed by atoms with Crippen molar-refractivity contribution in [1.82, 2.24) is 20.9 Å². The molecule has 0 radical (unpaired) electrons. The largest absolute Gasteiger partial charge is 0.357 e. The second kappa shape index (κ2) is 14.2. The molecular formula is C26H38IN5O. The Labute approximate surface area is 215 Å². The number of nitrogens with zero attached hydrogens (tertiary/aromatic N) is 2. The number of halogens is 1. The Bertz CT molecular complexity index is 894. The Hall–Kier alpha value is -2.13. The van der Waals surface area contributed by atoms with E-state index in [1.165, 1.54) is 24.0 Å². The van der Waals surface area contributed by atoms with Crippen molar-refractivity contribution in [2.75, 3.05) is 39.8 Å². The first-order valence-corrected chi connectivity index (χ1v) is 11.7. The zero-order chi connectivity index (χ0) is 22.8. The fourth-order valence-electron chi connectivity index (χ4n) is 4.13. The molecule has 0 spiro atoms. The van der Waals surface area contributed by atoms with Gasteiger partial charge in [0.15, 0.2) is 5.96 Å². The third-order valence-electron chi connectivity index (χ3n) is 5.93. The van der Waals surface area contributed by atoms with Crippen molar-refractivity contribution in [2.45, 2.75) is 39.2 Å². The third-order valence-corrected chi connectivity index (χ3v) is 5.93. The summed E-state index contributed by atoms with van der Waals surface area (Å²) in [5.41, 5.74) is 4.44. The molecule has 3 N–H and O–H groups in total. The van der Waals surface area contributed by atoms with Gasteiger partial charge in [0.1, 0.15) is 0 Å². The number of rotatable bonds is 9. The highest BCUT2D eigenvalue weighted by molar-refractivity contribution is 14.0. The van der Waals surface area contributed by atoms with Crippen LogP contribution in [0.2, 0.25) is 0 Å². The molecule has 33 heavy (non-hydrogen) atoms. The normalized spacial score (nSPS) is 14.9. The number of aliphatic imine (C=N–C) groups is 1. The standard InChI is InChI=1S/C26H37N5O.HI/c1-4-28-26(29-15-14-21-8-7-9-23(18-21)25(32)27-3)30-19-24(31-16-5-6-17-31)22-12-10-20(2)11-13-22;/h7-13,18,24H,4-6,14-17,19H2,1-3H3,(H,27,32)(H2,28,29,30);1H. The van der Waals surface area contributed by atoms with E-state index in [4.69, 9.17) is 4.99 Å². The zero-order valence-corrected chi connectivity index (χ0v) is 22.4. The van der Waals surface area contributed by atoms with Crippen molar-refractivity contribution < 1.29 is 4.79 Å². The zero-order valence-electron chi connectivity index (χ0n) is 20.1. The highest BCUT2D eigenvalue weighted by atomic mass is 127. The summed E-state index contributed by atoms with van der Waals surface area (Å²) in [6.45, 7) is 8.79. The lowest BCUT2D eigenvalue weighted by Gasteiger charge is -2.27. The molecule has 1 unspecified atom stereocenters. The van der Waals surface area contributed by atoms with Crippen LogP contribution in [0.1, 0.15) is 52.9 Å². The maximum atomic E-state index is 11.9. The third kappa shape index (κ3) is 8.30. The van der Waals surface area contributed by atoms with Crippen LogP contribution < -0.4 is 16.0 Å². The van der Waals surface area contributed by atoms with Crippen LogP contribution in [0.3, 0.4) is 0 Å². The Balaban J connectivity index is 0.00000385. The molecule has 1 amide bonds. The Morgan fingerprint density at radius 3 is 2.48 bits per heavy atom. The SMILES string of the molecule is CCNC(=NCC(c1ccc(C)cc1)N1CCCC1)NCCc1cccc(C(=O)NC)c1.I. The number of aryl methyl sites for hydroxylation is 1. The van der Waals surface area contributed by atoms with E-state index in [1.807, 2.05) is 18.2 Å². The number of nitrogens with one attached hydrogen (secondary N) is 3. The molecule has 1 atom stereocenters. The van der Waals surface area contributed by atoms with Crippen molar-refractivity contribution in [2.24, 2.45) is 4.99 Å². The van der Waals surface area contributed by atoms with Gasteiger partial charge in [0.2, 0.25) is 0 Å². The minimum absolute atomic E-state index is 0. The minimum atomic E-state index is -0.0567. The van der Waals surface area contributed by atoms with Crippen LogP contribution in [0.5, 0.6) is 0 Å². The molecule has 1 aliphatic rings. The van der Waals surface area contributed by atoms with E-state index in [2.05, 4.69) is 65.0 Å². The van der Waals surface area contributed by atoms with Crippen LogP contribution in [-0.2, 0) is 6.42 Å². The van der Waals surface area contributed by atoms with Crippen LogP contribution in [0.4, 0.5) is 0 Å². The van der Waals surface area contributed by atoms with E-state index in [0.29, 0.717) is 11.6 Å². The van der Waals surface area contributed by atoms with Crippen molar-refractivity contribution in [1.29, 1.82) is 0 Å². The van der Waals surface area contributed by atoms with Gasteiger partial charge in [-0.15, -0.1) is 24.0 Å². The summed E-state index contributed by atoms with van der Waals surface area (Å²) in [4.78, 5) is 19.4. The van der Waals surface area contributed by atoms with Crippen molar-refractivity contribution in [3.8, 4) is 0 Å². The maximum Gasteiger partial charge on any atom is 0.251 e. The molecule has 3 rings (SSSR count). The molecule has 180 valence electrons. The number of guanidine groups is 1. The molecule has 1 heterocycles. The number of carbonyl (C=O) groups is 1. The first kappa shape index (κ1) is 27.1. The second-order valence-corrected chi connectivity index (χ2v) is 8.35. The Kier molecular flexibility index (Phi) is 11.7. The van der Waals surface area contributed by atoms with Crippen molar-refractivity contribution in [3.63, 3.8) is 0 Å². The van der Waals surface area contributed by atoms with Gasteiger partial charge in [0.05, 0.1) is 12.6 Å². The van der Waals surface area contributed by atoms with Gasteiger partial charge in [-0.05, 0) is 69.5 Å².